The number of fused-ring (bicyclic) bond motifs is 2. The summed E-state index contributed by atoms with van der Waals surface area (Å²) in [6.07, 6.45) is 2.17. The van der Waals surface area contributed by atoms with Gasteiger partial charge in [0.05, 0.1) is 23.9 Å². The molecule has 3 aromatic rings. The van der Waals surface area contributed by atoms with Crippen LogP contribution in [0.2, 0.25) is 0 Å². The number of thioether (sulfide) groups is 1. The van der Waals surface area contributed by atoms with E-state index in [4.69, 9.17) is 4.74 Å². The number of ether oxygens (including phenoxy) is 1. The summed E-state index contributed by atoms with van der Waals surface area (Å²) in [5.74, 6) is 0.787. The van der Waals surface area contributed by atoms with Gasteiger partial charge in [-0.25, -0.2) is 0 Å². The van der Waals surface area contributed by atoms with Crippen LogP contribution in [0.25, 0.3) is 16.3 Å². The molecule has 1 amide bonds. The van der Waals surface area contributed by atoms with Crippen LogP contribution in [0, 0.1) is 0 Å². The van der Waals surface area contributed by atoms with Gasteiger partial charge in [-0.1, -0.05) is 35.2 Å². The summed E-state index contributed by atoms with van der Waals surface area (Å²) < 4.78 is 8.85. The molecule has 7 heteroatoms. The van der Waals surface area contributed by atoms with Crippen LogP contribution >= 0.6 is 23.1 Å². The van der Waals surface area contributed by atoms with Gasteiger partial charge in [-0.15, -0.1) is 0 Å². The second-order valence-electron chi connectivity index (χ2n) is 7.19. The van der Waals surface area contributed by atoms with Gasteiger partial charge in [-0.2, -0.15) is 4.57 Å². The normalized spacial score (nSPS) is 14.7. The van der Waals surface area contributed by atoms with Crippen molar-refractivity contribution in [3.05, 3.63) is 52.5 Å². The number of aromatic nitrogens is 1. The SMILES string of the molecule is COc1ccc2c(c1)N(CC(=O)NC(C)C)/C(=C/c1sc3ccccc3[n+]1C)S2. The standard InChI is InChI=1S/C22H23N3O2S2/c1-14(2)23-20(26)13-25-17-11-15(27-4)9-10-19(17)29-22(25)12-21-24(3)16-7-5-6-8-18(16)28-21/h5-12,14H,13H2,1-4H3/p+1. The molecule has 4 rings (SSSR count). The lowest BCUT2D eigenvalue weighted by molar-refractivity contribution is -0.642. The molecule has 0 fully saturated rings. The maximum Gasteiger partial charge on any atom is 0.265 e. The number of rotatable bonds is 5. The third-order valence-corrected chi connectivity index (χ3v) is 6.99. The Morgan fingerprint density at radius 1 is 1.28 bits per heavy atom. The maximum absolute atomic E-state index is 12.6. The van der Waals surface area contributed by atoms with E-state index >= 15 is 0 Å². The fourth-order valence-corrected chi connectivity index (χ4v) is 5.58. The zero-order chi connectivity index (χ0) is 20.5. The Balaban J connectivity index is 1.74. The minimum atomic E-state index is 0.00267. The predicted molar refractivity (Wildman–Crippen MR) is 120 cm³/mol. The monoisotopic (exact) mass is 426 g/mol. The van der Waals surface area contributed by atoms with E-state index in [1.54, 1.807) is 30.2 Å². The highest BCUT2D eigenvalue weighted by molar-refractivity contribution is 8.03. The van der Waals surface area contributed by atoms with E-state index in [1.165, 1.54) is 10.2 Å². The molecule has 0 saturated heterocycles. The average molecular weight is 427 g/mol. The maximum atomic E-state index is 12.6. The van der Waals surface area contributed by atoms with Crippen LogP contribution in [0.3, 0.4) is 0 Å². The van der Waals surface area contributed by atoms with Crippen molar-refractivity contribution in [1.29, 1.82) is 0 Å². The van der Waals surface area contributed by atoms with Crippen LogP contribution in [-0.2, 0) is 11.8 Å². The van der Waals surface area contributed by atoms with E-state index in [0.717, 1.165) is 26.4 Å². The van der Waals surface area contributed by atoms with Crippen molar-refractivity contribution < 1.29 is 14.1 Å². The van der Waals surface area contributed by atoms with Gasteiger partial charge in [0.15, 0.2) is 0 Å². The quantitative estimate of drug-likeness (QED) is 0.622. The number of nitrogens with one attached hydrogen (secondary N) is 1. The van der Waals surface area contributed by atoms with E-state index in [9.17, 15) is 4.79 Å². The first kappa shape index (κ1) is 19.8. The highest BCUT2D eigenvalue weighted by Crippen LogP contribution is 2.48. The summed E-state index contributed by atoms with van der Waals surface area (Å²) in [5, 5.41) is 5.17. The summed E-state index contributed by atoms with van der Waals surface area (Å²) in [4.78, 5) is 15.8. The van der Waals surface area contributed by atoms with E-state index in [1.807, 2.05) is 26.0 Å². The number of hydrogen-bond acceptors (Lipinski definition) is 5. The number of amides is 1. The van der Waals surface area contributed by atoms with Crippen LogP contribution in [-0.4, -0.2) is 25.6 Å². The third-order valence-electron chi connectivity index (χ3n) is 4.71. The van der Waals surface area contributed by atoms with Crippen molar-refractivity contribution in [2.45, 2.75) is 24.8 Å². The summed E-state index contributed by atoms with van der Waals surface area (Å²) in [6.45, 7) is 4.22. The minimum absolute atomic E-state index is 0.00267. The van der Waals surface area contributed by atoms with Gasteiger partial charge in [0.1, 0.15) is 24.0 Å². The van der Waals surface area contributed by atoms with Crippen LogP contribution in [0.15, 0.2) is 52.4 Å². The third kappa shape index (κ3) is 3.97. The number of anilines is 1. The topological polar surface area (TPSA) is 45.5 Å². The fraction of sp³-hybridized carbons (Fsp3) is 0.273. The molecule has 0 atom stereocenters. The Kier molecular flexibility index (Phi) is 5.52. The van der Waals surface area contributed by atoms with Gasteiger partial charge in [-0.3, -0.25) is 4.79 Å². The lowest BCUT2D eigenvalue weighted by atomic mass is 10.2. The number of para-hydroxylation sites is 1. The smallest absolute Gasteiger partial charge is 0.265 e. The minimum Gasteiger partial charge on any atom is -0.497 e. The van der Waals surface area contributed by atoms with Crippen LogP contribution in [0.1, 0.15) is 18.9 Å². The van der Waals surface area contributed by atoms with E-state index in [2.05, 4.69) is 58.2 Å². The number of carbonyl (C=O) groups is 1. The van der Waals surface area contributed by atoms with Crippen LogP contribution in [0.5, 0.6) is 5.75 Å². The van der Waals surface area contributed by atoms with E-state index in [-0.39, 0.29) is 18.5 Å². The van der Waals surface area contributed by atoms with Gasteiger partial charge in [-0.05, 0) is 32.0 Å². The Hall–Kier alpha value is -2.51. The molecule has 0 unspecified atom stereocenters. The Morgan fingerprint density at radius 3 is 2.79 bits per heavy atom. The summed E-state index contributed by atoms with van der Waals surface area (Å²) in [5.41, 5.74) is 2.21. The van der Waals surface area contributed by atoms with Crippen molar-refractivity contribution in [3.8, 4) is 5.75 Å². The zero-order valence-electron chi connectivity index (χ0n) is 16.9. The Morgan fingerprint density at radius 2 is 2.07 bits per heavy atom. The molecule has 1 N–H and O–H groups in total. The van der Waals surface area contributed by atoms with E-state index in [0.29, 0.717) is 0 Å². The highest BCUT2D eigenvalue weighted by atomic mass is 32.2. The van der Waals surface area contributed by atoms with Crippen molar-refractivity contribution in [3.63, 3.8) is 0 Å². The molecule has 0 radical (unpaired) electrons. The largest absolute Gasteiger partial charge is 0.497 e. The zero-order valence-corrected chi connectivity index (χ0v) is 18.6. The summed E-state index contributed by atoms with van der Waals surface area (Å²) in [7, 11) is 3.74. The molecule has 0 saturated carbocycles. The number of carbonyl (C=O) groups excluding carboxylic acids is 1. The number of hydrogen-bond donors (Lipinski definition) is 1. The molecule has 0 spiro atoms. The van der Waals surface area contributed by atoms with Crippen LogP contribution < -0.4 is 19.5 Å². The van der Waals surface area contributed by atoms with Crippen molar-refractivity contribution in [2.75, 3.05) is 18.6 Å². The van der Waals surface area contributed by atoms with Gasteiger partial charge in [0.25, 0.3) is 5.01 Å². The summed E-state index contributed by atoms with van der Waals surface area (Å²) in [6, 6.07) is 14.5. The van der Waals surface area contributed by atoms with Crippen molar-refractivity contribution in [2.24, 2.45) is 7.05 Å². The van der Waals surface area contributed by atoms with Gasteiger partial charge in [0, 0.05) is 23.1 Å². The second kappa shape index (κ2) is 8.08. The van der Waals surface area contributed by atoms with E-state index < -0.39 is 0 Å². The first-order valence-corrected chi connectivity index (χ1v) is 11.1. The molecule has 1 aliphatic heterocycles. The molecule has 0 aliphatic carbocycles. The number of nitrogens with zero attached hydrogens (tertiary/aromatic N) is 2. The Labute approximate surface area is 179 Å². The lowest BCUT2D eigenvalue weighted by Gasteiger charge is -2.20. The highest BCUT2D eigenvalue weighted by Gasteiger charge is 2.29. The second-order valence-corrected chi connectivity index (χ2v) is 9.32. The first-order chi connectivity index (χ1) is 14.0. The van der Waals surface area contributed by atoms with Crippen molar-refractivity contribution >= 4 is 51.0 Å². The fourth-order valence-electron chi connectivity index (χ4n) is 3.34. The lowest BCUT2D eigenvalue weighted by Crippen LogP contribution is -2.38. The van der Waals surface area contributed by atoms with Crippen molar-refractivity contribution in [1.82, 2.24) is 5.32 Å². The molecular weight excluding hydrogens is 402 g/mol. The van der Waals surface area contributed by atoms with Gasteiger partial charge >= 0.3 is 0 Å². The number of benzene rings is 2. The van der Waals surface area contributed by atoms with Gasteiger partial charge < -0.3 is 15.0 Å². The molecule has 2 heterocycles. The predicted octanol–water partition coefficient (Wildman–Crippen LogP) is 4.17. The molecule has 1 aliphatic rings. The first-order valence-electron chi connectivity index (χ1n) is 9.48. The average Bonchev–Trinajstić information content (AvgIpc) is 3.19. The molecule has 150 valence electrons. The van der Waals surface area contributed by atoms with Gasteiger partial charge in [0.2, 0.25) is 11.4 Å². The van der Waals surface area contributed by atoms with Crippen LogP contribution in [0.4, 0.5) is 5.69 Å². The summed E-state index contributed by atoms with van der Waals surface area (Å²) >= 11 is 3.43. The number of aryl methyl sites for hydroxylation is 1. The Bertz CT molecular complexity index is 1100. The molecule has 5 nitrogen and oxygen atoms in total. The molecule has 1 aromatic heterocycles. The molecule has 0 bridgehead atoms. The molecule has 29 heavy (non-hydrogen) atoms. The number of thiazole rings is 1. The molecule has 2 aromatic carbocycles. The molecular formula is C22H24N3O2S2+. The number of methoxy groups -OCH3 is 1.